The summed E-state index contributed by atoms with van der Waals surface area (Å²) in [4.78, 5) is 0. The van der Waals surface area contributed by atoms with Crippen molar-refractivity contribution in [2.45, 2.75) is 57.3 Å². The lowest BCUT2D eigenvalue weighted by Gasteiger charge is -2.41. The van der Waals surface area contributed by atoms with E-state index >= 15 is 0 Å². The van der Waals surface area contributed by atoms with Gasteiger partial charge in [0, 0.05) is 12.0 Å². The second-order valence-corrected chi connectivity index (χ2v) is 6.09. The second-order valence-electron chi connectivity index (χ2n) is 6.09. The molecule has 19 heavy (non-hydrogen) atoms. The smallest absolute Gasteiger partial charge is 0.0103 e. The first-order valence-electron chi connectivity index (χ1n) is 8.03. The highest BCUT2D eigenvalue weighted by Crippen LogP contribution is 2.42. The summed E-state index contributed by atoms with van der Waals surface area (Å²) in [6.07, 6.45) is 9.76. The highest BCUT2D eigenvalue weighted by Gasteiger charge is 2.37. The lowest BCUT2D eigenvalue weighted by atomic mass is 9.65. The summed E-state index contributed by atoms with van der Waals surface area (Å²) in [5, 5.41) is 3.48. The van der Waals surface area contributed by atoms with Crippen LogP contribution in [-0.4, -0.2) is 13.6 Å². The summed E-state index contributed by atoms with van der Waals surface area (Å²) < 4.78 is 0. The zero-order valence-electron chi connectivity index (χ0n) is 12.6. The number of hydrogen-bond donors (Lipinski definition) is 1. The first-order chi connectivity index (χ1) is 9.33. The first kappa shape index (κ1) is 14.6. The van der Waals surface area contributed by atoms with Gasteiger partial charge in [0.1, 0.15) is 0 Å². The molecule has 106 valence electrons. The molecule has 0 radical (unpaired) electrons. The molecule has 0 saturated heterocycles. The zero-order valence-corrected chi connectivity index (χ0v) is 12.6. The summed E-state index contributed by atoms with van der Waals surface area (Å²) >= 11 is 0. The van der Waals surface area contributed by atoms with Crippen molar-refractivity contribution >= 4 is 0 Å². The standard InChI is InChI=1S/C18H29N/c1-3-18(15-19-2,17-13-9-6-10-14-17)16-11-7-4-5-8-12-16/h6,9-10,13-14,16,19H,3-5,7-8,11-12,15H2,1-2H3. The first-order valence-corrected chi connectivity index (χ1v) is 8.03. The van der Waals surface area contributed by atoms with E-state index in [1.54, 1.807) is 5.56 Å². The van der Waals surface area contributed by atoms with Gasteiger partial charge < -0.3 is 5.32 Å². The molecule has 0 bridgehead atoms. The Kier molecular flexibility index (Phi) is 5.45. The third-order valence-corrected chi connectivity index (χ3v) is 5.11. The zero-order chi connectivity index (χ0) is 13.6. The van der Waals surface area contributed by atoms with Crippen LogP contribution in [0, 0.1) is 5.92 Å². The van der Waals surface area contributed by atoms with Crippen molar-refractivity contribution < 1.29 is 0 Å². The fourth-order valence-electron chi connectivity index (χ4n) is 4.02. The van der Waals surface area contributed by atoms with Gasteiger partial charge in [0.15, 0.2) is 0 Å². The molecular weight excluding hydrogens is 230 g/mol. The van der Waals surface area contributed by atoms with Gasteiger partial charge in [0.05, 0.1) is 0 Å². The van der Waals surface area contributed by atoms with E-state index < -0.39 is 0 Å². The molecule has 1 nitrogen and oxygen atoms in total. The number of rotatable bonds is 5. The maximum absolute atomic E-state index is 3.48. The van der Waals surface area contributed by atoms with Gasteiger partial charge in [-0.15, -0.1) is 0 Å². The van der Waals surface area contributed by atoms with Crippen LogP contribution in [0.15, 0.2) is 30.3 Å². The third kappa shape index (κ3) is 3.20. The minimum atomic E-state index is 0.334. The molecule has 0 aromatic heterocycles. The Bertz CT molecular complexity index is 351. The van der Waals surface area contributed by atoms with Crippen molar-refractivity contribution in [1.82, 2.24) is 5.32 Å². The van der Waals surface area contributed by atoms with Gasteiger partial charge in [0.25, 0.3) is 0 Å². The van der Waals surface area contributed by atoms with Crippen molar-refractivity contribution in [3.05, 3.63) is 35.9 Å². The summed E-state index contributed by atoms with van der Waals surface area (Å²) in [5.41, 5.74) is 1.87. The highest BCUT2D eigenvalue weighted by molar-refractivity contribution is 5.27. The van der Waals surface area contributed by atoms with Crippen molar-refractivity contribution in [1.29, 1.82) is 0 Å². The number of nitrogens with one attached hydrogen (secondary N) is 1. The van der Waals surface area contributed by atoms with Crippen LogP contribution in [0.2, 0.25) is 0 Å². The van der Waals surface area contributed by atoms with Gasteiger partial charge in [-0.25, -0.2) is 0 Å². The Morgan fingerprint density at radius 1 is 1.05 bits per heavy atom. The Morgan fingerprint density at radius 3 is 2.21 bits per heavy atom. The summed E-state index contributed by atoms with van der Waals surface area (Å²) in [6.45, 7) is 3.48. The maximum Gasteiger partial charge on any atom is 0.0103 e. The molecule has 2 rings (SSSR count). The molecule has 1 aliphatic rings. The van der Waals surface area contributed by atoms with Crippen molar-refractivity contribution in [2.24, 2.45) is 5.92 Å². The van der Waals surface area contributed by atoms with Gasteiger partial charge >= 0.3 is 0 Å². The highest BCUT2D eigenvalue weighted by atomic mass is 14.8. The van der Waals surface area contributed by atoms with Crippen LogP contribution in [0.3, 0.4) is 0 Å². The second kappa shape index (κ2) is 7.09. The van der Waals surface area contributed by atoms with Crippen molar-refractivity contribution in [3.8, 4) is 0 Å². The van der Waals surface area contributed by atoms with Crippen LogP contribution in [0.5, 0.6) is 0 Å². The molecule has 1 atom stereocenters. The number of hydrogen-bond acceptors (Lipinski definition) is 1. The topological polar surface area (TPSA) is 12.0 Å². The largest absolute Gasteiger partial charge is 0.319 e. The Hall–Kier alpha value is -0.820. The number of benzene rings is 1. The van der Waals surface area contributed by atoms with E-state index in [2.05, 4.69) is 49.6 Å². The minimum Gasteiger partial charge on any atom is -0.319 e. The van der Waals surface area contributed by atoms with E-state index in [1.165, 1.54) is 44.9 Å². The van der Waals surface area contributed by atoms with E-state index in [1.807, 2.05) is 0 Å². The molecule has 0 heterocycles. The SMILES string of the molecule is CCC(CNC)(c1ccccc1)C1CCCCCC1. The lowest BCUT2D eigenvalue weighted by Crippen LogP contribution is -2.43. The maximum atomic E-state index is 3.48. The molecule has 0 aliphatic heterocycles. The van der Waals surface area contributed by atoms with E-state index in [0.717, 1.165) is 12.5 Å². The Morgan fingerprint density at radius 2 is 1.68 bits per heavy atom. The van der Waals surface area contributed by atoms with Gasteiger partial charge in [-0.2, -0.15) is 0 Å². The van der Waals surface area contributed by atoms with E-state index in [9.17, 15) is 0 Å². The van der Waals surface area contributed by atoms with E-state index in [4.69, 9.17) is 0 Å². The fourth-order valence-corrected chi connectivity index (χ4v) is 4.02. The molecule has 0 spiro atoms. The average molecular weight is 259 g/mol. The van der Waals surface area contributed by atoms with Crippen molar-refractivity contribution in [2.75, 3.05) is 13.6 Å². The van der Waals surface area contributed by atoms with E-state index in [-0.39, 0.29) is 0 Å². The summed E-state index contributed by atoms with van der Waals surface area (Å²) in [7, 11) is 2.10. The summed E-state index contributed by atoms with van der Waals surface area (Å²) in [6, 6.07) is 11.2. The Labute approximate surface area is 118 Å². The molecule has 1 aromatic carbocycles. The van der Waals surface area contributed by atoms with Gasteiger partial charge in [0.2, 0.25) is 0 Å². The molecule has 0 amide bonds. The molecule has 1 aromatic rings. The molecule has 1 heteroatoms. The number of likely N-dealkylation sites (N-methyl/N-ethyl adjacent to an activating group) is 1. The fraction of sp³-hybridized carbons (Fsp3) is 0.667. The van der Waals surface area contributed by atoms with Crippen molar-refractivity contribution in [3.63, 3.8) is 0 Å². The van der Waals surface area contributed by atoms with E-state index in [0.29, 0.717) is 5.41 Å². The van der Waals surface area contributed by atoms with Crippen LogP contribution in [0.25, 0.3) is 0 Å². The molecule has 1 fully saturated rings. The van der Waals surface area contributed by atoms with Gasteiger partial charge in [-0.1, -0.05) is 62.9 Å². The minimum absolute atomic E-state index is 0.334. The molecule has 1 saturated carbocycles. The van der Waals surface area contributed by atoms with Gasteiger partial charge in [-0.3, -0.25) is 0 Å². The van der Waals surface area contributed by atoms with Crippen LogP contribution in [0.4, 0.5) is 0 Å². The molecule has 1 N–H and O–H groups in total. The van der Waals surface area contributed by atoms with Crippen LogP contribution < -0.4 is 5.32 Å². The van der Waals surface area contributed by atoms with Crippen LogP contribution in [-0.2, 0) is 5.41 Å². The Balaban J connectivity index is 2.32. The molecule has 1 aliphatic carbocycles. The lowest BCUT2D eigenvalue weighted by molar-refractivity contribution is 0.225. The third-order valence-electron chi connectivity index (χ3n) is 5.11. The predicted molar refractivity (Wildman–Crippen MR) is 83.5 cm³/mol. The van der Waals surface area contributed by atoms with Gasteiger partial charge in [-0.05, 0) is 37.8 Å². The normalized spacial score (nSPS) is 20.7. The monoisotopic (exact) mass is 259 g/mol. The van der Waals surface area contributed by atoms with Crippen LogP contribution in [0.1, 0.15) is 57.4 Å². The molecular formula is C18H29N. The predicted octanol–water partition coefficient (Wildman–Crippen LogP) is 4.52. The molecule has 1 unspecified atom stereocenters. The quantitative estimate of drug-likeness (QED) is 0.766. The van der Waals surface area contributed by atoms with Crippen LogP contribution >= 0.6 is 0 Å². The average Bonchev–Trinajstić information content (AvgIpc) is 2.75. The summed E-state index contributed by atoms with van der Waals surface area (Å²) in [5.74, 6) is 0.842.